The van der Waals surface area contributed by atoms with E-state index >= 15 is 0 Å². The number of amides is 1. The summed E-state index contributed by atoms with van der Waals surface area (Å²) in [6.07, 6.45) is 4.24. The van der Waals surface area contributed by atoms with Crippen LogP contribution in [0.3, 0.4) is 0 Å². The summed E-state index contributed by atoms with van der Waals surface area (Å²) in [7, 11) is 0. The number of hydrogen-bond acceptors (Lipinski definition) is 8. The first kappa shape index (κ1) is 26.5. The first-order valence-electron chi connectivity index (χ1n) is 12.5. The molecule has 0 unspecified atom stereocenters. The maximum Gasteiger partial charge on any atom is 0.256 e. The first-order chi connectivity index (χ1) is 19.4. The summed E-state index contributed by atoms with van der Waals surface area (Å²) >= 11 is 1.50. The van der Waals surface area contributed by atoms with Gasteiger partial charge in [0, 0.05) is 24.7 Å². The molecule has 1 amide bonds. The zero-order valence-electron chi connectivity index (χ0n) is 21.9. The number of nitrogens with one attached hydrogen (secondary N) is 1. The number of nitrogen functional groups attached to an aromatic ring is 1. The molecule has 2 aromatic carbocycles. The topological polar surface area (TPSA) is 142 Å². The quantitative estimate of drug-likeness (QED) is 0.278. The van der Waals surface area contributed by atoms with E-state index in [1.165, 1.54) is 16.0 Å². The maximum absolute atomic E-state index is 13.4. The monoisotopic (exact) mass is 550 g/mol. The number of anilines is 2. The summed E-state index contributed by atoms with van der Waals surface area (Å²) in [5.41, 5.74) is 16.3. The molecule has 0 spiro atoms. The van der Waals surface area contributed by atoms with Gasteiger partial charge >= 0.3 is 0 Å². The Hall–Kier alpha value is -5.14. The van der Waals surface area contributed by atoms with Crippen LogP contribution >= 0.6 is 11.3 Å². The predicted molar refractivity (Wildman–Crippen MR) is 159 cm³/mol. The number of benzene rings is 2. The molecule has 0 bridgehead atoms. The highest BCUT2D eigenvalue weighted by atomic mass is 32.1. The molecule has 1 aliphatic heterocycles. The van der Waals surface area contributed by atoms with Gasteiger partial charge in [-0.25, -0.2) is 9.67 Å². The molecule has 10 heteroatoms. The van der Waals surface area contributed by atoms with Crippen LogP contribution in [0.15, 0.2) is 69.3 Å². The third-order valence-corrected chi connectivity index (χ3v) is 7.09. The van der Waals surface area contributed by atoms with Crippen LogP contribution in [0.2, 0.25) is 0 Å². The zero-order chi connectivity index (χ0) is 28.2. The number of aromatic nitrogens is 3. The zero-order valence-corrected chi connectivity index (χ0v) is 22.7. The Labute approximate surface area is 234 Å². The molecule has 3 aromatic heterocycles. The van der Waals surface area contributed by atoms with Crippen molar-refractivity contribution in [3.05, 3.63) is 97.8 Å². The smallest absolute Gasteiger partial charge is 0.256 e. The molecule has 200 valence electrons. The lowest BCUT2D eigenvalue weighted by atomic mass is 9.99. The summed E-state index contributed by atoms with van der Waals surface area (Å²) in [5.74, 6) is 7.14. The van der Waals surface area contributed by atoms with E-state index in [1.807, 2.05) is 68.5 Å². The van der Waals surface area contributed by atoms with Crippen molar-refractivity contribution in [2.45, 2.75) is 20.3 Å². The van der Waals surface area contributed by atoms with Crippen molar-refractivity contribution in [2.24, 2.45) is 5.73 Å². The lowest BCUT2D eigenvalue weighted by molar-refractivity contribution is 0.100. The van der Waals surface area contributed by atoms with Gasteiger partial charge in [0.15, 0.2) is 5.82 Å². The van der Waals surface area contributed by atoms with E-state index < -0.39 is 5.91 Å². The molecule has 0 atom stereocenters. The van der Waals surface area contributed by atoms with Crippen molar-refractivity contribution < 1.29 is 9.21 Å². The van der Waals surface area contributed by atoms with E-state index in [9.17, 15) is 9.59 Å². The Morgan fingerprint density at radius 2 is 1.98 bits per heavy atom. The molecule has 0 saturated heterocycles. The van der Waals surface area contributed by atoms with Crippen molar-refractivity contribution >= 4 is 46.0 Å². The molecule has 40 heavy (non-hydrogen) atoms. The lowest BCUT2D eigenvalue weighted by Gasteiger charge is -2.09. The molecule has 1 aliphatic rings. The van der Waals surface area contributed by atoms with E-state index in [4.69, 9.17) is 15.9 Å². The van der Waals surface area contributed by atoms with Crippen LogP contribution in [0, 0.1) is 18.8 Å². The van der Waals surface area contributed by atoms with Gasteiger partial charge in [0.05, 0.1) is 27.0 Å². The highest BCUT2D eigenvalue weighted by Gasteiger charge is 2.20. The van der Waals surface area contributed by atoms with Crippen molar-refractivity contribution in [3.63, 3.8) is 0 Å². The van der Waals surface area contributed by atoms with E-state index in [1.54, 1.807) is 11.7 Å². The van der Waals surface area contributed by atoms with Crippen LogP contribution in [0.1, 0.15) is 39.2 Å². The maximum atomic E-state index is 13.4. The number of thiazole rings is 1. The number of aryl methyl sites for hydroxylation is 2. The highest BCUT2D eigenvalue weighted by Crippen LogP contribution is 2.27. The molecule has 6 rings (SSSR count). The van der Waals surface area contributed by atoms with Gasteiger partial charge in [-0.2, -0.15) is 0 Å². The Morgan fingerprint density at radius 3 is 2.67 bits per heavy atom. The number of hydrogen-bond donors (Lipinski definition) is 3. The molecular formula is C30H26N6O3S. The minimum atomic E-state index is -0.568. The van der Waals surface area contributed by atoms with E-state index in [2.05, 4.69) is 27.2 Å². The number of nitrogens with two attached hydrogens (primary N) is 2. The molecule has 5 N–H and O–H groups in total. The second kappa shape index (κ2) is 11.3. The fourth-order valence-corrected chi connectivity index (χ4v) is 5.01. The number of nitrogens with zero attached hydrogens (tertiary/aromatic N) is 3. The average molecular weight is 551 g/mol. The summed E-state index contributed by atoms with van der Waals surface area (Å²) in [6, 6.07) is 15.2. The minimum Gasteiger partial charge on any atom is -0.460 e. The van der Waals surface area contributed by atoms with Gasteiger partial charge in [-0.15, -0.1) is 16.4 Å². The molecule has 4 heterocycles. The van der Waals surface area contributed by atoms with Crippen LogP contribution in [-0.4, -0.2) is 27.2 Å². The summed E-state index contributed by atoms with van der Waals surface area (Å²) < 4.78 is 7.60. The molecular weight excluding hydrogens is 524 g/mol. The lowest BCUT2D eigenvalue weighted by Crippen LogP contribution is -2.17. The van der Waals surface area contributed by atoms with Crippen LogP contribution in [0.5, 0.6) is 0 Å². The minimum absolute atomic E-state index is 0.0368. The van der Waals surface area contributed by atoms with E-state index in [0.717, 1.165) is 16.1 Å². The summed E-state index contributed by atoms with van der Waals surface area (Å²) in [6.45, 7) is 4.57. The predicted octanol–water partition coefficient (Wildman–Crippen LogP) is 4.65. The van der Waals surface area contributed by atoms with Crippen molar-refractivity contribution in [3.8, 4) is 23.0 Å². The van der Waals surface area contributed by atoms with Gasteiger partial charge in [-0.05, 0) is 36.6 Å². The normalized spacial score (nSPS) is 11.6. The SMILES string of the molecule is CCc1oc2cccc(C#Cc3scnc3C)c2c(=O)c1-c1ccccc1.NC(=O)c1c(N)nn2c1NCC=C2. The number of carbonyl (C=O) groups is 1. The molecule has 9 nitrogen and oxygen atoms in total. The fraction of sp³-hybridized carbons (Fsp3) is 0.133. The Balaban J connectivity index is 0.000000207. The highest BCUT2D eigenvalue weighted by molar-refractivity contribution is 7.10. The second-order valence-corrected chi connectivity index (χ2v) is 9.68. The van der Waals surface area contributed by atoms with Gasteiger partial charge in [-0.3, -0.25) is 9.59 Å². The van der Waals surface area contributed by atoms with Crippen molar-refractivity contribution in [1.82, 2.24) is 14.8 Å². The van der Waals surface area contributed by atoms with Gasteiger partial charge < -0.3 is 21.2 Å². The molecule has 0 radical (unpaired) electrons. The Kier molecular flexibility index (Phi) is 7.48. The van der Waals surface area contributed by atoms with Gasteiger partial charge in [-0.1, -0.05) is 49.2 Å². The van der Waals surface area contributed by atoms with Gasteiger partial charge in [0.25, 0.3) is 5.91 Å². The largest absolute Gasteiger partial charge is 0.460 e. The number of fused-ring (bicyclic) bond motifs is 2. The van der Waals surface area contributed by atoms with Gasteiger partial charge in [0.2, 0.25) is 5.43 Å². The van der Waals surface area contributed by atoms with E-state index in [0.29, 0.717) is 46.6 Å². The molecule has 0 aliphatic carbocycles. The standard InChI is InChI=1S/C23H17NO2S.C7H9N5O/c1-3-18-21(16-8-5-4-6-9-16)23(25)22-17(10-7-11-19(22)26-18)12-13-20-15(2)24-14-27-20;8-5-4(6(9)13)7-10-2-1-3-12(7)11-5/h4-11,14H,3H2,1-2H3;1,3,10H,2H2,(H2,8,11)(H2,9,13). The summed E-state index contributed by atoms with van der Waals surface area (Å²) in [5, 5.41) is 7.41. The van der Waals surface area contributed by atoms with Crippen molar-refractivity contribution in [2.75, 3.05) is 17.6 Å². The van der Waals surface area contributed by atoms with Crippen LogP contribution in [-0.2, 0) is 6.42 Å². The molecule has 0 fully saturated rings. The third-order valence-electron chi connectivity index (χ3n) is 6.25. The third kappa shape index (κ3) is 5.10. The fourth-order valence-electron chi connectivity index (χ4n) is 4.36. The Bertz CT molecular complexity index is 1870. The van der Waals surface area contributed by atoms with Crippen LogP contribution < -0.4 is 22.2 Å². The summed E-state index contributed by atoms with van der Waals surface area (Å²) in [4.78, 5) is 29.5. The average Bonchev–Trinajstić information content (AvgIpc) is 3.53. The van der Waals surface area contributed by atoms with Crippen LogP contribution in [0.4, 0.5) is 11.6 Å². The van der Waals surface area contributed by atoms with Gasteiger partial charge in [0.1, 0.15) is 22.7 Å². The number of rotatable bonds is 3. The van der Waals surface area contributed by atoms with E-state index in [-0.39, 0.29) is 16.8 Å². The number of carbonyl (C=O) groups excluding carboxylic acids is 1. The molecule has 0 saturated carbocycles. The Morgan fingerprint density at radius 1 is 1.18 bits per heavy atom. The van der Waals surface area contributed by atoms with Crippen molar-refractivity contribution in [1.29, 1.82) is 0 Å². The van der Waals surface area contributed by atoms with Crippen LogP contribution in [0.25, 0.3) is 28.3 Å². The molecule has 5 aromatic rings. The number of primary amides is 1. The second-order valence-electron chi connectivity index (χ2n) is 8.83. The first-order valence-corrected chi connectivity index (χ1v) is 13.4.